The van der Waals surface area contributed by atoms with Gasteiger partial charge in [-0.2, -0.15) is 0 Å². The van der Waals surface area contributed by atoms with Crippen molar-refractivity contribution in [1.29, 1.82) is 0 Å². The highest BCUT2D eigenvalue weighted by atomic mass is 79.9. The number of phenolic OH excluding ortho intramolecular Hbond substituents is 1. The molecule has 0 aliphatic carbocycles. The van der Waals surface area contributed by atoms with Gasteiger partial charge in [0.25, 0.3) is 5.91 Å². The van der Waals surface area contributed by atoms with Crippen molar-refractivity contribution in [2.24, 2.45) is 0 Å². The van der Waals surface area contributed by atoms with Crippen LogP contribution >= 0.6 is 15.9 Å². The second-order valence-corrected chi connectivity index (χ2v) is 4.72. The first-order chi connectivity index (χ1) is 8.95. The molecule has 104 valence electrons. The Morgan fingerprint density at radius 1 is 1.47 bits per heavy atom. The van der Waals surface area contributed by atoms with E-state index in [-0.39, 0.29) is 24.3 Å². The van der Waals surface area contributed by atoms with E-state index >= 15 is 0 Å². The van der Waals surface area contributed by atoms with Crippen LogP contribution in [0.25, 0.3) is 0 Å². The van der Waals surface area contributed by atoms with Crippen molar-refractivity contribution in [2.75, 3.05) is 13.7 Å². The molecule has 1 amide bonds. The molecule has 1 rings (SSSR count). The standard InChI is InChI=1S/C12H14BrNO5/c1-19-5-4-9(12(17)18)14-11(16)8-3-2-7(13)6-10(8)15/h2-3,6,9,15H,4-5H2,1H3,(H,14,16)(H,17,18). The van der Waals surface area contributed by atoms with Crippen LogP contribution in [0.5, 0.6) is 5.75 Å². The van der Waals surface area contributed by atoms with E-state index in [1.165, 1.54) is 19.2 Å². The number of aliphatic carboxylic acids is 1. The van der Waals surface area contributed by atoms with Crippen LogP contribution in [0.15, 0.2) is 22.7 Å². The fraction of sp³-hybridized carbons (Fsp3) is 0.333. The van der Waals surface area contributed by atoms with Crippen LogP contribution in [0.1, 0.15) is 16.8 Å². The lowest BCUT2D eigenvalue weighted by atomic mass is 10.1. The molecule has 1 aromatic rings. The summed E-state index contributed by atoms with van der Waals surface area (Å²) < 4.78 is 5.40. The van der Waals surface area contributed by atoms with E-state index in [2.05, 4.69) is 21.2 Å². The summed E-state index contributed by atoms with van der Waals surface area (Å²) in [5, 5.41) is 20.9. The van der Waals surface area contributed by atoms with E-state index in [0.29, 0.717) is 4.47 Å². The van der Waals surface area contributed by atoms with Crippen molar-refractivity contribution >= 4 is 27.8 Å². The molecule has 0 heterocycles. The van der Waals surface area contributed by atoms with Crippen molar-refractivity contribution in [1.82, 2.24) is 5.32 Å². The molecule has 0 aliphatic rings. The molecule has 7 heteroatoms. The largest absolute Gasteiger partial charge is 0.507 e. The van der Waals surface area contributed by atoms with Gasteiger partial charge in [0.15, 0.2) is 0 Å². The van der Waals surface area contributed by atoms with Gasteiger partial charge in [0, 0.05) is 24.6 Å². The Morgan fingerprint density at radius 2 is 2.16 bits per heavy atom. The lowest BCUT2D eigenvalue weighted by molar-refractivity contribution is -0.139. The molecule has 0 aromatic heterocycles. The average Bonchev–Trinajstić information content (AvgIpc) is 2.33. The molecule has 0 spiro atoms. The zero-order chi connectivity index (χ0) is 14.4. The third kappa shape index (κ3) is 4.53. The maximum Gasteiger partial charge on any atom is 0.326 e. The van der Waals surface area contributed by atoms with Crippen LogP contribution < -0.4 is 5.32 Å². The molecule has 0 saturated carbocycles. The van der Waals surface area contributed by atoms with Gasteiger partial charge in [-0.25, -0.2) is 4.79 Å². The minimum absolute atomic E-state index is 0.0202. The number of carboxylic acid groups (broad SMARTS) is 1. The van der Waals surface area contributed by atoms with E-state index in [0.717, 1.165) is 0 Å². The van der Waals surface area contributed by atoms with Gasteiger partial charge >= 0.3 is 5.97 Å². The molecule has 6 nitrogen and oxygen atoms in total. The Balaban J connectivity index is 2.78. The van der Waals surface area contributed by atoms with E-state index in [4.69, 9.17) is 9.84 Å². The molecule has 1 unspecified atom stereocenters. The molecule has 3 N–H and O–H groups in total. The molecule has 1 atom stereocenters. The molecule has 0 saturated heterocycles. The Kier molecular flexibility index (Phi) is 5.78. The lowest BCUT2D eigenvalue weighted by Crippen LogP contribution is -2.41. The predicted octanol–water partition coefficient (Wildman–Crippen LogP) is 1.37. The van der Waals surface area contributed by atoms with Crippen molar-refractivity contribution in [3.8, 4) is 5.75 Å². The zero-order valence-corrected chi connectivity index (χ0v) is 11.8. The number of hydrogen-bond donors (Lipinski definition) is 3. The molecule has 0 fully saturated rings. The summed E-state index contributed by atoms with van der Waals surface area (Å²) in [6, 6.07) is 3.29. The topological polar surface area (TPSA) is 95.9 Å². The van der Waals surface area contributed by atoms with Gasteiger partial charge < -0.3 is 20.3 Å². The monoisotopic (exact) mass is 331 g/mol. The molecular weight excluding hydrogens is 318 g/mol. The number of nitrogens with one attached hydrogen (secondary N) is 1. The van der Waals surface area contributed by atoms with E-state index in [1.54, 1.807) is 6.07 Å². The quantitative estimate of drug-likeness (QED) is 0.731. The molecule has 0 bridgehead atoms. The fourth-order valence-electron chi connectivity index (χ4n) is 1.43. The van der Waals surface area contributed by atoms with Crippen LogP contribution in [-0.4, -0.2) is 41.8 Å². The SMILES string of the molecule is COCCC(NC(=O)c1ccc(Br)cc1O)C(=O)O. The third-order valence-electron chi connectivity index (χ3n) is 2.42. The minimum atomic E-state index is -1.15. The number of carbonyl (C=O) groups excluding carboxylic acids is 1. The lowest BCUT2D eigenvalue weighted by Gasteiger charge is -2.14. The van der Waals surface area contributed by atoms with E-state index < -0.39 is 17.9 Å². The number of aromatic hydroxyl groups is 1. The first kappa shape index (κ1) is 15.5. The number of hydrogen-bond acceptors (Lipinski definition) is 4. The summed E-state index contributed by atoms with van der Waals surface area (Å²) in [6.07, 6.45) is 0.148. The number of rotatable bonds is 6. The summed E-state index contributed by atoms with van der Waals surface area (Å²) in [6.45, 7) is 0.212. The second-order valence-electron chi connectivity index (χ2n) is 3.81. The van der Waals surface area contributed by atoms with Gasteiger partial charge in [0.05, 0.1) is 5.56 Å². The summed E-state index contributed by atoms with van der Waals surface area (Å²) in [5.41, 5.74) is 0.0202. The highest BCUT2D eigenvalue weighted by Crippen LogP contribution is 2.22. The van der Waals surface area contributed by atoms with Gasteiger partial charge in [0.2, 0.25) is 0 Å². The highest BCUT2D eigenvalue weighted by molar-refractivity contribution is 9.10. The number of amides is 1. The van der Waals surface area contributed by atoms with Crippen LogP contribution in [0.3, 0.4) is 0 Å². The number of methoxy groups -OCH3 is 1. The number of ether oxygens (including phenoxy) is 1. The first-order valence-electron chi connectivity index (χ1n) is 5.46. The summed E-state index contributed by atoms with van der Waals surface area (Å²) in [4.78, 5) is 22.8. The molecule has 1 aromatic carbocycles. The van der Waals surface area contributed by atoms with Crippen molar-refractivity contribution in [3.05, 3.63) is 28.2 Å². The Bertz CT molecular complexity index is 477. The molecule has 0 radical (unpaired) electrons. The van der Waals surface area contributed by atoms with E-state index in [9.17, 15) is 14.7 Å². The van der Waals surface area contributed by atoms with Crippen molar-refractivity contribution in [2.45, 2.75) is 12.5 Å². The Morgan fingerprint density at radius 3 is 2.68 bits per heavy atom. The summed E-state index contributed by atoms with van der Waals surface area (Å²) in [5.74, 6) is -2.02. The Hall–Kier alpha value is -1.60. The molecular formula is C12H14BrNO5. The summed E-state index contributed by atoms with van der Waals surface area (Å²) >= 11 is 3.15. The van der Waals surface area contributed by atoms with Gasteiger partial charge in [-0.05, 0) is 18.2 Å². The maximum absolute atomic E-state index is 11.9. The third-order valence-corrected chi connectivity index (χ3v) is 2.91. The van der Waals surface area contributed by atoms with Crippen LogP contribution in [0, 0.1) is 0 Å². The number of carbonyl (C=O) groups is 2. The van der Waals surface area contributed by atoms with Gasteiger partial charge in [0.1, 0.15) is 11.8 Å². The van der Waals surface area contributed by atoms with E-state index in [1.807, 2.05) is 0 Å². The predicted molar refractivity (Wildman–Crippen MR) is 71.2 cm³/mol. The molecule has 0 aliphatic heterocycles. The Labute approximate surface area is 118 Å². The van der Waals surface area contributed by atoms with Gasteiger partial charge in [-0.1, -0.05) is 15.9 Å². The average molecular weight is 332 g/mol. The van der Waals surface area contributed by atoms with Gasteiger partial charge in [-0.15, -0.1) is 0 Å². The molecule has 19 heavy (non-hydrogen) atoms. The van der Waals surface area contributed by atoms with Crippen LogP contribution in [0.2, 0.25) is 0 Å². The number of halogens is 1. The normalized spacial score (nSPS) is 11.9. The first-order valence-corrected chi connectivity index (χ1v) is 6.26. The van der Waals surface area contributed by atoms with Crippen molar-refractivity contribution in [3.63, 3.8) is 0 Å². The summed E-state index contributed by atoms with van der Waals surface area (Å²) in [7, 11) is 1.45. The van der Waals surface area contributed by atoms with Crippen LogP contribution in [0.4, 0.5) is 0 Å². The highest BCUT2D eigenvalue weighted by Gasteiger charge is 2.21. The van der Waals surface area contributed by atoms with Gasteiger partial charge in [-0.3, -0.25) is 4.79 Å². The maximum atomic E-state index is 11.9. The fourth-order valence-corrected chi connectivity index (χ4v) is 1.77. The number of carboxylic acids is 1. The number of phenols is 1. The van der Waals surface area contributed by atoms with Crippen LogP contribution in [-0.2, 0) is 9.53 Å². The minimum Gasteiger partial charge on any atom is -0.507 e. The zero-order valence-electron chi connectivity index (χ0n) is 10.2. The smallest absolute Gasteiger partial charge is 0.326 e. The van der Waals surface area contributed by atoms with Crippen molar-refractivity contribution < 1.29 is 24.5 Å². The number of benzene rings is 1. The second kappa shape index (κ2) is 7.10.